The van der Waals surface area contributed by atoms with E-state index in [0.29, 0.717) is 22.2 Å². The molecule has 0 fully saturated rings. The fraction of sp³-hybridized carbons (Fsp3) is 0.143. The number of imidazole rings is 1. The molecule has 0 amide bonds. The number of hydrogen-bond donors (Lipinski definition) is 2. The summed E-state index contributed by atoms with van der Waals surface area (Å²) >= 11 is 0. The number of H-pyrrole nitrogens is 1. The molecule has 0 spiro atoms. The van der Waals surface area contributed by atoms with Gasteiger partial charge < -0.3 is 19.6 Å². The quantitative estimate of drug-likeness (QED) is 0.306. The zero-order valence-electron chi connectivity index (χ0n) is 19.6. The first-order valence-corrected chi connectivity index (χ1v) is 11.4. The van der Waals surface area contributed by atoms with Gasteiger partial charge >= 0.3 is 0 Å². The van der Waals surface area contributed by atoms with E-state index in [9.17, 15) is 9.50 Å². The Kier molecular flexibility index (Phi) is 6.16. The molecule has 0 bridgehead atoms. The molecule has 35 heavy (non-hydrogen) atoms. The third kappa shape index (κ3) is 4.72. The maximum atomic E-state index is 13.8. The lowest BCUT2D eigenvalue weighted by Gasteiger charge is -2.12. The number of hydrogen-bond acceptors (Lipinski definition) is 4. The van der Waals surface area contributed by atoms with E-state index < -0.39 is 0 Å². The van der Waals surface area contributed by atoms with Crippen LogP contribution in [0.15, 0.2) is 90.2 Å². The second-order valence-corrected chi connectivity index (χ2v) is 8.66. The Morgan fingerprint density at radius 1 is 1.06 bits per heavy atom. The van der Waals surface area contributed by atoms with Gasteiger partial charge in [-0.3, -0.25) is 0 Å². The summed E-state index contributed by atoms with van der Waals surface area (Å²) in [5, 5.41) is 11.5. The lowest BCUT2D eigenvalue weighted by Crippen LogP contribution is -2.18. The number of aliphatic imine (C=N–C) groups is 1. The molecular formula is C28H26FN5O. The molecule has 0 unspecified atom stereocenters. The van der Waals surface area contributed by atoms with Gasteiger partial charge in [-0.15, -0.1) is 0 Å². The van der Waals surface area contributed by atoms with Gasteiger partial charge in [0.05, 0.1) is 22.5 Å². The summed E-state index contributed by atoms with van der Waals surface area (Å²) in [5.41, 5.74) is 4.22. The second-order valence-electron chi connectivity index (χ2n) is 8.66. The van der Waals surface area contributed by atoms with Crippen LogP contribution < -0.4 is 0 Å². The third-order valence-corrected chi connectivity index (χ3v) is 5.89. The summed E-state index contributed by atoms with van der Waals surface area (Å²) in [7, 11) is 4.10. The summed E-state index contributed by atoms with van der Waals surface area (Å²) in [6, 6.07) is 21.9. The summed E-state index contributed by atoms with van der Waals surface area (Å²) in [6.07, 6.45) is 3.80. The molecule has 0 saturated heterocycles. The average molecular weight is 468 g/mol. The summed E-state index contributed by atoms with van der Waals surface area (Å²) in [4.78, 5) is 14.5. The van der Waals surface area contributed by atoms with Crippen molar-refractivity contribution in [2.24, 2.45) is 4.99 Å². The molecule has 0 aliphatic heterocycles. The predicted octanol–water partition coefficient (Wildman–Crippen LogP) is 5.61. The molecule has 0 atom stereocenters. The number of aromatic nitrogens is 3. The molecule has 2 heterocycles. The summed E-state index contributed by atoms with van der Waals surface area (Å²) < 4.78 is 15.9. The van der Waals surface area contributed by atoms with Crippen molar-refractivity contribution in [1.82, 2.24) is 19.4 Å². The number of nitrogens with one attached hydrogen (secondary N) is 1. The second kappa shape index (κ2) is 9.56. The molecule has 0 aliphatic carbocycles. The van der Waals surface area contributed by atoms with Crippen LogP contribution in [-0.2, 0) is 6.54 Å². The van der Waals surface area contributed by atoms with Crippen LogP contribution in [0.4, 0.5) is 10.1 Å². The molecule has 176 valence electrons. The summed E-state index contributed by atoms with van der Waals surface area (Å²) in [6.45, 7) is 1.77. The molecule has 0 aliphatic rings. The Balaban J connectivity index is 1.55. The van der Waals surface area contributed by atoms with Gasteiger partial charge in [0.25, 0.3) is 0 Å². The molecule has 2 aromatic heterocycles. The number of rotatable bonds is 7. The van der Waals surface area contributed by atoms with Crippen LogP contribution >= 0.6 is 0 Å². The van der Waals surface area contributed by atoms with Gasteiger partial charge in [-0.25, -0.2) is 14.4 Å². The molecule has 6 nitrogen and oxygen atoms in total. The number of aromatic hydroxyl groups is 1. The first-order chi connectivity index (χ1) is 17.0. The van der Waals surface area contributed by atoms with Crippen molar-refractivity contribution in [3.8, 4) is 17.3 Å². The highest BCUT2D eigenvalue weighted by Gasteiger charge is 2.19. The lowest BCUT2D eigenvalue weighted by molar-refractivity contribution is 0.385. The van der Waals surface area contributed by atoms with Crippen LogP contribution in [0.1, 0.15) is 11.1 Å². The average Bonchev–Trinajstić information content (AvgIpc) is 3.45. The number of aromatic amines is 1. The van der Waals surface area contributed by atoms with Crippen LogP contribution in [-0.4, -0.2) is 50.9 Å². The van der Waals surface area contributed by atoms with Gasteiger partial charge in [-0.2, -0.15) is 0 Å². The van der Waals surface area contributed by atoms with Crippen LogP contribution in [0.5, 0.6) is 5.88 Å². The van der Waals surface area contributed by atoms with Crippen molar-refractivity contribution in [3.05, 3.63) is 102 Å². The number of nitrogens with zero attached hydrogens (tertiary/aromatic N) is 4. The van der Waals surface area contributed by atoms with Crippen molar-refractivity contribution in [2.75, 3.05) is 20.6 Å². The Labute approximate surface area is 203 Å². The molecule has 2 N–H and O–H groups in total. The monoisotopic (exact) mass is 467 g/mol. The Morgan fingerprint density at radius 2 is 1.83 bits per heavy atom. The molecule has 3 aromatic carbocycles. The minimum absolute atomic E-state index is 0.0484. The van der Waals surface area contributed by atoms with Gasteiger partial charge in [-0.05, 0) is 56.6 Å². The van der Waals surface area contributed by atoms with Crippen molar-refractivity contribution in [3.63, 3.8) is 0 Å². The highest BCUT2D eigenvalue weighted by atomic mass is 19.1. The largest absolute Gasteiger partial charge is 0.494 e. The molecular weight excluding hydrogens is 441 g/mol. The zero-order chi connectivity index (χ0) is 24.4. The van der Waals surface area contributed by atoms with E-state index >= 15 is 0 Å². The molecule has 7 heteroatoms. The van der Waals surface area contributed by atoms with Crippen LogP contribution in [0.3, 0.4) is 0 Å². The van der Waals surface area contributed by atoms with Gasteiger partial charge in [-0.1, -0.05) is 30.3 Å². The normalized spacial score (nSPS) is 12.1. The van der Waals surface area contributed by atoms with E-state index in [1.807, 2.05) is 67.0 Å². The van der Waals surface area contributed by atoms with E-state index in [4.69, 9.17) is 4.99 Å². The summed E-state index contributed by atoms with van der Waals surface area (Å²) in [5.74, 6) is 0.484. The fourth-order valence-electron chi connectivity index (χ4n) is 4.13. The fourth-order valence-corrected chi connectivity index (χ4v) is 4.13. The Bertz CT molecular complexity index is 1480. The standard InChI is InChI=1S/C28H26FN5O/c1-33(2)16-17-34-15-14-30-27(34)20-8-11-22(12-9-20)31-26(19-6-4-3-5-7-19)25-23-13-10-21(29)18-24(23)32-28(25)35/h3-15,18,32,35H,16-17H2,1-2H3. The van der Waals surface area contributed by atoms with Crippen molar-refractivity contribution in [1.29, 1.82) is 0 Å². The molecule has 0 radical (unpaired) electrons. The van der Waals surface area contributed by atoms with Crippen molar-refractivity contribution < 1.29 is 9.50 Å². The van der Waals surface area contributed by atoms with E-state index in [1.54, 1.807) is 6.07 Å². The Hall–Kier alpha value is -4.23. The van der Waals surface area contributed by atoms with Crippen molar-refractivity contribution in [2.45, 2.75) is 6.54 Å². The van der Waals surface area contributed by atoms with E-state index in [1.165, 1.54) is 12.1 Å². The third-order valence-electron chi connectivity index (χ3n) is 5.89. The van der Waals surface area contributed by atoms with Gasteiger partial charge in [0.2, 0.25) is 0 Å². The molecule has 0 saturated carbocycles. The molecule has 5 aromatic rings. The van der Waals surface area contributed by atoms with E-state index in [2.05, 4.69) is 33.5 Å². The maximum absolute atomic E-state index is 13.8. The van der Waals surface area contributed by atoms with E-state index in [0.717, 1.165) is 35.7 Å². The number of benzene rings is 3. The van der Waals surface area contributed by atoms with Gasteiger partial charge in [0.1, 0.15) is 11.6 Å². The number of fused-ring (bicyclic) bond motifs is 1. The SMILES string of the molecule is CN(C)CCn1ccnc1-c1ccc(N=C(c2ccccc2)c2c(O)[nH]c3cc(F)ccc23)cc1. The van der Waals surface area contributed by atoms with Crippen LogP contribution in [0.25, 0.3) is 22.3 Å². The predicted molar refractivity (Wildman–Crippen MR) is 138 cm³/mol. The van der Waals surface area contributed by atoms with Crippen molar-refractivity contribution >= 4 is 22.3 Å². The number of halogens is 1. The highest BCUT2D eigenvalue weighted by Crippen LogP contribution is 2.32. The maximum Gasteiger partial charge on any atom is 0.199 e. The highest BCUT2D eigenvalue weighted by molar-refractivity contribution is 6.21. The lowest BCUT2D eigenvalue weighted by atomic mass is 10.0. The Morgan fingerprint density at radius 3 is 2.57 bits per heavy atom. The van der Waals surface area contributed by atoms with Gasteiger partial charge in [0.15, 0.2) is 5.88 Å². The molecule has 5 rings (SSSR count). The van der Waals surface area contributed by atoms with E-state index in [-0.39, 0.29) is 11.7 Å². The first-order valence-electron chi connectivity index (χ1n) is 11.4. The minimum Gasteiger partial charge on any atom is -0.494 e. The zero-order valence-corrected chi connectivity index (χ0v) is 19.6. The minimum atomic E-state index is -0.372. The van der Waals surface area contributed by atoms with Gasteiger partial charge in [0, 0.05) is 42.0 Å². The topological polar surface area (TPSA) is 69.4 Å². The van der Waals surface area contributed by atoms with Crippen LogP contribution in [0.2, 0.25) is 0 Å². The first kappa shape index (κ1) is 22.6. The number of likely N-dealkylation sites (N-methyl/N-ethyl adjacent to an activating group) is 1. The van der Waals surface area contributed by atoms with Crippen LogP contribution in [0, 0.1) is 5.82 Å². The smallest absolute Gasteiger partial charge is 0.199 e.